The maximum atomic E-state index is 13.0. The number of anilines is 1. The summed E-state index contributed by atoms with van der Waals surface area (Å²) in [4.78, 5) is 26.1. The maximum Gasteiger partial charge on any atom is 0.254 e. The van der Waals surface area contributed by atoms with Crippen molar-refractivity contribution in [2.24, 2.45) is 0 Å². The third-order valence-corrected chi connectivity index (χ3v) is 4.92. The van der Waals surface area contributed by atoms with Crippen LogP contribution in [-0.4, -0.2) is 36.5 Å². The number of fused-ring (bicyclic) bond motifs is 1. The second-order valence-electron chi connectivity index (χ2n) is 6.82. The molecule has 140 valence electrons. The fraction of sp³-hybridized carbons (Fsp3) is 0.333. The van der Waals surface area contributed by atoms with Crippen molar-refractivity contribution in [3.05, 3.63) is 53.6 Å². The van der Waals surface area contributed by atoms with Gasteiger partial charge < -0.3 is 19.7 Å². The molecule has 0 saturated carbocycles. The van der Waals surface area contributed by atoms with Gasteiger partial charge in [0.25, 0.3) is 5.91 Å². The summed E-state index contributed by atoms with van der Waals surface area (Å²) in [6, 6.07) is 13.0. The number of ether oxygens (including phenoxy) is 2. The molecule has 6 nitrogen and oxygen atoms in total. The van der Waals surface area contributed by atoms with E-state index in [-0.39, 0.29) is 17.9 Å². The van der Waals surface area contributed by atoms with Crippen molar-refractivity contribution in [2.75, 3.05) is 25.1 Å². The average Bonchev–Trinajstić information content (AvgIpc) is 3.17. The van der Waals surface area contributed by atoms with Crippen molar-refractivity contribution in [2.45, 2.75) is 25.8 Å². The van der Waals surface area contributed by atoms with Crippen LogP contribution in [0.15, 0.2) is 42.5 Å². The molecule has 0 bridgehead atoms. The molecule has 27 heavy (non-hydrogen) atoms. The minimum atomic E-state index is -0.132. The number of nitrogens with one attached hydrogen (secondary N) is 1. The molecule has 4 rings (SSSR count). The first-order valence-corrected chi connectivity index (χ1v) is 9.20. The van der Waals surface area contributed by atoms with Gasteiger partial charge in [-0.05, 0) is 54.8 Å². The molecule has 2 amide bonds. The lowest BCUT2D eigenvalue weighted by molar-refractivity contribution is -0.114. The number of likely N-dealkylation sites (tertiary alicyclic amines) is 1. The number of amides is 2. The number of carbonyl (C=O) groups is 2. The molecule has 0 radical (unpaired) electrons. The molecule has 2 aromatic carbocycles. The number of nitrogens with zero attached hydrogens (tertiary/aromatic N) is 1. The number of hydrogen-bond donors (Lipinski definition) is 1. The van der Waals surface area contributed by atoms with E-state index in [0.717, 1.165) is 36.4 Å². The normalized spacial score (nSPS) is 18.3. The first-order valence-electron chi connectivity index (χ1n) is 9.20. The molecule has 0 aliphatic carbocycles. The Bertz CT molecular complexity index is 863. The highest BCUT2D eigenvalue weighted by molar-refractivity contribution is 5.96. The summed E-state index contributed by atoms with van der Waals surface area (Å²) in [5, 5.41) is 2.71. The van der Waals surface area contributed by atoms with Gasteiger partial charge in [-0.3, -0.25) is 9.59 Å². The summed E-state index contributed by atoms with van der Waals surface area (Å²) in [6.07, 6.45) is 1.89. The minimum absolute atomic E-state index is 0.00163. The smallest absolute Gasteiger partial charge is 0.254 e. The van der Waals surface area contributed by atoms with Gasteiger partial charge in [0.05, 0.1) is 6.04 Å². The van der Waals surface area contributed by atoms with Crippen LogP contribution in [0.1, 0.15) is 41.7 Å². The van der Waals surface area contributed by atoms with E-state index in [2.05, 4.69) is 5.32 Å². The summed E-state index contributed by atoms with van der Waals surface area (Å²) in [7, 11) is 0. The van der Waals surface area contributed by atoms with E-state index in [4.69, 9.17) is 9.47 Å². The van der Waals surface area contributed by atoms with Crippen LogP contribution >= 0.6 is 0 Å². The van der Waals surface area contributed by atoms with E-state index in [1.54, 1.807) is 24.3 Å². The second-order valence-corrected chi connectivity index (χ2v) is 6.82. The lowest BCUT2D eigenvalue weighted by Crippen LogP contribution is -2.30. The molecule has 6 heteroatoms. The Balaban J connectivity index is 1.54. The van der Waals surface area contributed by atoms with Gasteiger partial charge in [0.2, 0.25) is 5.91 Å². The van der Waals surface area contributed by atoms with Crippen molar-refractivity contribution < 1.29 is 19.1 Å². The zero-order chi connectivity index (χ0) is 18.8. The fourth-order valence-electron chi connectivity index (χ4n) is 3.69. The molecular formula is C21H22N2O4. The molecule has 2 aliphatic heterocycles. The van der Waals surface area contributed by atoms with Gasteiger partial charge in [0, 0.05) is 24.7 Å². The number of benzene rings is 2. The molecule has 1 saturated heterocycles. The van der Waals surface area contributed by atoms with E-state index in [1.807, 2.05) is 23.1 Å². The maximum absolute atomic E-state index is 13.0. The zero-order valence-electron chi connectivity index (χ0n) is 15.2. The van der Waals surface area contributed by atoms with Gasteiger partial charge in [0.15, 0.2) is 11.5 Å². The number of hydrogen-bond acceptors (Lipinski definition) is 4. The molecule has 0 spiro atoms. The second kappa shape index (κ2) is 7.31. The Morgan fingerprint density at radius 1 is 1.04 bits per heavy atom. The van der Waals surface area contributed by atoms with Gasteiger partial charge in [-0.1, -0.05) is 6.07 Å². The zero-order valence-corrected chi connectivity index (χ0v) is 15.2. The third-order valence-electron chi connectivity index (χ3n) is 4.92. The van der Waals surface area contributed by atoms with Crippen molar-refractivity contribution in [3.63, 3.8) is 0 Å². The Morgan fingerprint density at radius 3 is 2.52 bits per heavy atom. The van der Waals surface area contributed by atoms with Crippen molar-refractivity contribution in [1.29, 1.82) is 0 Å². The molecule has 2 heterocycles. The van der Waals surface area contributed by atoms with E-state index in [9.17, 15) is 9.59 Å². The Morgan fingerprint density at radius 2 is 1.78 bits per heavy atom. The third kappa shape index (κ3) is 3.60. The van der Waals surface area contributed by atoms with Crippen molar-refractivity contribution in [1.82, 2.24) is 4.90 Å². The van der Waals surface area contributed by atoms with Gasteiger partial charge in [-0.15, -0.1) is 0 Å². The van der Waals surface area contributed by atoms with Gasteiger partial charge >= 0.3 is 0 Å². The Labute approximate surface area is 158 Å². The summed E-state index contributed by atoms with van der Waals surface area (Å²) >= 11 is 0. The summed E-state index contributed by atoms with van der Waals surface area (Å²) in [5.41, 5.74) is 2.37. The average molecular weight is 366 g/mol. The van der Waals surface area contributed by atoms with Crippen LogP contribution in [0.5, 0.6) is 11.5 Å². The van der Waals surface area contributed by atoms with Crippen LogP contribution in [0.3, 0.4) is 0 Å². The summed E-state index contributed by atoms with van der Waals surface area (Å²) < 4.78 is 11.3. The standard InChI is InChI=1S/C21H22N2O4/c1-14(24)22-17-7-4-15(5-8-17)21(25)23-10-2-3-18(23)16-6-9-19-20(13-16)27-12-11-26-19/h4-9,13,18H,2-3,10-12H2,1H3,(H,22,24)/t18-/m0/s1. The molecule has 1 fully saturated rings. The number of rotatable bonds is 3. The Hall–Kier alpha value is -3.02. The monoisotopic (exact) mass is 366 g/mol. The topological polar surface area (TPSA) is 67.9 Å². The van der Waals surface area contributed by atoms with E-state index < -0.39 is 0 Å². The van der Waals surface area contributed by atoms with Crippen LogP contribution in [0, 0.1) is 0 Å². The largest absolute Gasteiger partial charge is 0.486 e. The molecule has 1 atom stereocenters. The summed E-state index contributed by atoms with van der Waals surface area (Å²) in [6.45, 7) is 3.30. The highest BCUT2D eigenvalue weighted by Gasteiger charge is 2.31. The van der Waals surface area contributed by atoms with Crippen LogP contribution in [-0.2, 0) is 4.79 Å². The first kappa shape index (κ1) is 17.4. The first-order chi connectivity index (χ1) is 13.1. The van der Waals surface area contributed by atoms with Crippen molar-refractivity contribution >= 4 is 17.5 Å². The minimum Gasteiger partial charge on any atom is -0.486 e. The van der Waals surface area contributed by atoms with E-state index in [1.165, 1.54) is 6.92 Å². The molecular weight excluding hydrogens is 344 g/mol. The lowest BCUT2D eigenvalue weighted by Gasteiger charge is -2.27. The van der Waals surface area contributed by atoms with Crippen LogP contribution in [0.2, 0.25) is 0 Å². The molecule has 2 aromatic rings. The fourth-order valence-corrected chi connectivity index (χ4v) is 3.69. The van der Waals surface area contributed by atoms with Gasteiger partial charge in [0.1, 0.15) is 13.2 Å². The van der Waals surface area contributed by atoms with E-state index in [0.29, 0.717) is 24.5 Å². The predicted octanol–water partition coefficient (Wildman–Crippen LogP) is 3.39. The lowest BCUT2D eigenvalue weighted by atomic mass is 10.0. The van der Waals surface area contributed by atoms with Crippen LogP contribution in [0.25, 0.3) is 0 Å². The molecule has 0 aromatic heterocycles. The van der Waals surface area contributed by atoms with Gasteiger partial charge in [-0.2, -0.15) is 0 Å². The predicted molar refractivity (Wildman–Crippen MR) is 101 cm³/mol. The Kier molecular flexibility index (Phi) is 4.71. The number of carbonyl (C=O) groups excluding carboxylic acids is 2. The highest BCUT2D eigenvalue weighted by atomic mass is 16.6. The van der Waals surface area contributed by atoms with Gasteiger partial charge in [-0.25, -0.2) is 0 Å². The molecule has 0 unspecified atom stereocenters. The molecule has 2 aliphatic rings. The van der Waals surface area contributed by atoms with E-state index >= 15 is 0 Å². The van der Waals surface area contributed by atoms with Crippen LogP contribution < -0.4 is 14.8 Å². The SMILES string of the molecule is CC(=O)Nc1ccc(C(=O)N2CCC[C@H]2c2ccc3c(c2)OCCO3)cc1. The quantitative estimate of drug-likeness (QED) is 0.904. The summed E-state index contributed by atoms with van der Waals surface area (Å²) in [5.74, 6) is 1.38. The molecule has 1 N–H and O–H groups in total. The van der Waals surface area contributed by atoms with Crippen molar-refractivity contribution in [3.8, 4) is 11.5 Å². The van der Waals surface area contributed by atoms with Crippen LogP contribution in [0.4, 0.5) is 5.69 Å². The highest BCUT2D eigenvalue weighted by Crippen LogP contribution is 2.38.